The van der Waals surface area contributed by atoms with Crippen LogP contribution in [0.5, 0.6) is 11.5 Å². The van der Waals surface area contributed by atoms with Crippen molar-refractivity contribution in [1.29, 1.82) is 0 Å². The van der Waals surface area contributed by atoms with Crippen LogP contribution >= 0.6 is 11.6 Å². The van der Waals surface area contributed by atoms with E-state index >= 15 is 0 Å². The second-order valence-corrected chi connectivity index (χ2v) is 5.97. The lowest BCUT2D eigenvalue weighted by molar-refractivity contribution is -0.385. The minimum Gasteiger partial charge on any atom is -0.495 e. The molecule has 140 valence electrons. The first-order valence-corrected chi connectivity index (χ1v) is 8.20. The van der Waals surface area contributed by atoms with Crippen LogP contribution in [0.4, 0.5) is 11.4 Å². The van der Waals surface area contributed by atoms with Gasteiger partial charge in [0.25, 0.3) is 5.69 Å². The number of carbonyl (C=O) groups excluding carboxylic acids is 1. The maximum atomic E-state index is 12.2. The molecule has 2 aromatic carbocycles. The highest BCUT2D eigenvalue weighted by Gasteiger charge is 2.19. The van der Waals surface area contributed by atoms with Crippen LogP contribution in [0, 0.1) is 10.1 Å². The number of methoxy groups -OCH3 is 1. The first-order chi connectivity index (χ1) is 13.0. The summed E-state index contributed by atoms with van der Waals surface area (Å²) in [7, 11) is 1.50. The van der Waals surface area contributed by atoms with Crippen LogP contribution in [0.15, 0.2) is 36.4 Å². The molecule has 1 aliphatic heterocycles. The quantitative estimate of drug-likeness (QED) is 0.474. The van der Waals surface area contributed by atoms with E-state index in [4.69, 9.17) is 25.8 Å². The molecule has 1 aliphatic rings. The van der Waals surface area contributed by atoms with Gasteiger partial charge < -0.3 is 19.5 Å². The van der Waals surface area contributed by atoms with Crippen molar-refractivity contribution < 1.29 is 23.9 Å². The summed E-state index contributed by atoms with van der Waals surface area (Å²) in [4.78, 5) is 22.8. The molecule has 3 rings (SSSR count). The highest BCUT2D eigenvalue weighted by atomic mass is 35.5. The normalized spacial score (nSPS) is 13.0. The Labute approximate surface area is 159 Å². The summed E-state index contributed by atoms with van der Waals surface area (Å²) in [5.74, 6) is 0.528. The van der Waals surface area contributed by atoms with Crippen molar-refractivity contribution in [3.05, 3.63) is 62.7 Å². The van der Waals surface area contributed by atoms with Crippen LogP contribution in [0.1, 0.15) is 11.1 Å². The van der Waals surface area contributed by atoms with Gasteiger partial charge in [0.2, 0.25) is 5.91 Å². The van der Waals surface area contributed by atoms with Gasteiger partial charge in [0, 0.05) is 35.0 Å². The van der Waals surface area contributed by atoms with Gasteiger partial charge in [-0.1, -0.05) is 11.6 Å². The predicted octanol–water partition coefficient (Wildman–Crippen LogP) is 3.78. The molecule has 0 atom stereocenters. The van der Waals surface area contributed by atoms with Crippen LogP contribution in [-0.2, 0) is 16.1 Å². The molecule has 0 saturated heterocycles. The Bertz CT molecular complexity index is 928. The van der Waals surface area contributed by atoms with E-state index in [9.17, 15) is 14.9 Å². The number of anilines is 1. The number of hydrogen-bond acceptors (Lipinski definition) is 6. The topological polar surface area (TPSA) is 99.9 Å². The lowest BCUT2D eigenvalue weighted by Gasteiger charge is -2.19. The third kappa shape index (κ3) is 4.36. The summed E-state index contributed by atoms with van der Waals surface area (Å²) in [6.07, 6.45) is 2.72. The second kappa shape index (κ2) is 8.07. The standard InChI is InChI=1S/C18H15ClN2O6/c1-25-16-4-3-13(8-15(16)19)20-17(22)5-2-11-6-14(21(23)24)7-12-9-26-10-27-18(11)12/h2-8H,9-10H2,1H3,(H,20,22)/b5-2+. The van der Waals surface area contributed by atoms with Crippen LogP contribution in [0.25, 0.3) is 6.08 Å². The van der Waals surface area contributed by atoms with E-state index < -0.39 is 10.8 Å². The summed E-state index contributed by atoms with van der Waals surface area (Å²) in [6.45, 7) is 0.247. The van der Waals surface area contributed by atoms with E-state index in [0.29, 0.717) is 33.3 Å². The summed E-state index contributed by atoms with van der Waals surface area (Å²) in [5, 5.41) is 14.1. The average molecular weight is 391 g/mol. The minimum atomic E-state index is -0.508. The van der Waals surface area contributed by atoms with E-state index in [-0.39, 0.29) is 19.1 Å². The molecule has 0 radical (unpaired) electrons. The van der Waals surface area contributed by atoms with Crippen LogP contribution in [-0.4, -0.2) is 24.7 Å². The highest BCUT2D eigenvalue weighted by molar-refractivity contribution is 6.32. The van der Waals surface area contributed by atoms with Gasteiger partial charge in [0.05, 0.1) is 23.7 Å². The van der Waals surface area contributed by atoms with E-state index in [1.165, 1.54) is 31.4 Å². The van der Waals surface area contributed by atoms with Crippen molar-refractivity contribution in [3.8, 4) is 11.5 Å². The zero-order valence-corrected chi connectivity index (χ0v) is 15.0. The molecule has 0 unspecified atom stereocenters. The van der Waals surface area contributed by atoms with Crippen molar-refractivity contribution >= 4 is 35.0 Å². The molecule has 0 spiro atoms. The number of ether oxygens (including phenoxy) is 3. The predicted molar refractivity (Wildman–Crippen MR) is 99.0 cm³/mol. The Morgan fingerprint density at radius 3 is 2.89 bits per heavy atom. The second-order valence-electron chi connectivity index (χ2n) is 5.56. The maximum Gasteiger partial charge on any atom is 0.270 e. The molecule has 1 heterocycles. The van der Waals surface area contributed by atoms with Crippen molar-refractivity contribution in [3.63, 3.8) is 0 Å². The molecule has 1 amide bonds. The SMILES string of the molecule is COc1ccc(NC(=O)/C=C/c2cc([N+](=O)[O-])cc3c2OCOC3)cc1Cl. The van der Waals surface area contributed by atoms with Crippen LogP contribution in [0.2, 0.25) is 5.02 Å². The number of nitro benzene ring substituents is 1. The van der Waals surface area contributed by atoms with Gasteiger partial charge in [-0.2, -0.15) is 0 Å². The molecular formula is C18H15ClN2O6. The monoisotopic (exact) mass is 390 g/mol. The number of nitro groups is 1. The number of rotatable bonds is 5. The van der Waals surface area contributed by atoms with Crippen molar-refractivity contribution in [1.82, 2.24) is 0 Å². The molecule has 0 bridgehead atoms. The summed E-state index contributed by atoms with van der Waals surface area (Å²) in [5.41, 5.74) is 1.36. The Morgan fingerprint density at radius 2 is 2.19 bits per heavy atom. The number of benzene rings is 2. The fraction of sp³-hybridized carbons (Fsp3) is 0.167. The Kier molecular flexibility index (Phi) is 5.58. The zero-order chi connectivity index (χ0) is 19.4. The first kappa shape index (κ1) is 18.7. The number of nitrogens with one attached hydrogen (secondary N) is 1. The molecule has 0 fully saturated rings. The number of non-ortho nitro benzene ring substituents is 1. The van der Waals surface area contributed by atoms with Gasteiger partial charge in [-0.15, -0.1) is 0 Å². The molecule has 9 heteroatoms. The zero-order valence-electron chi connectivity index (χ0n) is 14.2. The van der Waals surface area contributed by atoms with Crippen molar-refractivity contribution in [2.75, 3.05) is 19.2 Å². The van der Waals surface area contributed by atoms with E-state index in [0.717, 1.165) is 0 Å². The third-order valence-electron chi connectivity index (χ3n) is 3.77. The minimum absolute atomic E-state index is 0.0438. The van der Waals surface area contributed by atoms with E-state index in [1.807, 2.05) is 0 Å². The number of fused-ring (bicyclic) bond motifs is 1. The Balaban J connectivity index is 1.80. The summed E-state index contributed by atoms with van der Waals surface area (Å²) >= 11 is 6.03. The van der Waals surface area contributed by atoms with Gasteiger partial charge in [-0.05, 0) is 24.3 Å². The fourth-order valence-electron chi connectivity index (χ4n) is 2.55. The third-order valence-corrected chi connectivity index (χ3v) is 4.06. The van der Waals surface area contributed by atoms with Crippen LogP contribution < -0.4 is 14.8 Å². The molecule has 0 aromatic heterocycles. The Hall–Kier alpha value is -3.10. The van der Waals surface area contributed by atoms with E-state index in [2.05, 4.69) is 5.32 Å². The molecule has 0 aliphatic carbocycles. The van der Waals surface area contributed by atoms with Gasteiger partial charge in [-0.25, -0.2) is 0 Å². The van der Waals surface area contributed by atoms with Gasteiger partial charge in [0.15, 0.2) is 6.79 Å². The largest absolute Gasteiger partial charge is 0.495 e. The highest BCUT2D eigenvalue weighted by Crippen LogP contribution is 2.33. The fourth-order valence-corrected chi connectivity index (χ4v) is 2.81. The Morgan fingerprint density at radius 1 is 1.37 bits per heavy atom. The number of halogens is 1. The number of nitrogens with zero attached hydrogens (tertiary/aromatic N) is 1. The molecule has 2 aromatic rings. The summed E-state index contributed by atoms with van der Waals surface area (Å²) in [6, 6.07) is 7.57. The smallest absolute Gasteiger partial charge is 0.270 e. The molecule has 0 saturated carbocycles. The lowest BCUT2D eigenvalue weighted by atomic mass is 10.1. The maximum absolute atomic E-state index is 12.2. The molecule has 8 nitrogen and oxygen atoms in total. The molecular weight excluding hydrogens is 376 g/mol. The van der Waals surface area contributed by atoms with Crippen LogP contribution in [0.3, 0.4) is 0 Å². The van der Waals surface area contributed by atoms with Gasteiger partial charge in [0.1, 0.15) is 11.5 Å². The van der Waals surface area contributed by atoms with E-state index in [1.54, 1.807) is 18.2 Å². The van der Waals surface area contributed by atoms with Crippen molar-refractivity contribution in [2.24, 2.45) is 0 Å². The molecule has 27 heavy (non-hydrogen) atoms. The van der Waals surface area contributed by atoms with Crippen molar-refractivity contribution in [2.45, 2.75) is 6.61 Å². The molecule has 1 N–H and O–H groups in total. The summed E-state index contributed by atoms with van der Waals surface area (Å²) < 4.78 is 15.6. The van der Waals surface area contributed by atoms with Gasteiger partial charge in [-0.3, -0.25) is 14.9 Å². The first-order valence-electron chi connectivity index (χ1n) is 7.82. The number of amides is 1. The lowest BCUT2D eigenvalue weighted by Crippen LogP contribution is -2.13. The average Bonchev–Trinajstić information content (AvgIpc) is 2.66. The number of hydrogen-bond donors (Lipinski definition) is 1. The number of carbonyl (C=O) groups is 1. The van der Waals surface area contributed by atoms with Gasteiger partial charge >= 0.3 is 0 Å².